The third-order valence-electron chi connectivity index (χ3n) is 6.25. The Labute approximate surface area is 206 Å². The van der Waals surface area contributed by atoms with Crippen molar-refractivity contribution >= 4 is 23.8 Å². The van der Waals surface area contributed by atoms with Gasteiger partial charge in [-0.2, -0.15) is 0 Å². The van der Waals surface area contributed by atoms with Gasteiger partial charge in [-0.25, -0.2) is 0 Å². The lowest BCUT2D eigenvalue weighted by molar-refractivity contribution is 0.477. The number of hydrogen-bond acceptors (Lipinski definition) is 3. The van der Waals surface area contributed by atoms with Gasteiger partial charge in [0.2, 0.25) is 0 Å². The Balaban J connectivity index is 2.41. The topological polar surface area (TPSA) is 60.7 Å². The maximum absolute atomic E-state index is 11.1. The normalized spacial score (nSPS) is 12.9. The van der Waals surface area contributed by atoms with Crippen LogP contribution in [0.25, 0.3) is 0 Å². The van der Waals surface area contributed by atoms with E-state index in [1.54, 1.807) is 18.2 Å². The monoisotopic (exact) mass is 478 g/mol. The van der Waals surface area contributed by atoms with Crippen LogP contribution < -0.4 is 15.9 Å². The van der Waals surface area contributed by atoms with Crippen molar-refractivity contribution in [2.24, 2.45) is 0 Å². The molecule has 0 amide bonds. The van der Waals surface area contributed by atoms with Crippen LogP contribution in [0.1, 0.15) is 79.0 Å². The van der Waals surface area contributed by atoms with Crippen LogP contribution in [0.4, 0.5) is 0 Å². The van der Waals surface area contributed by atoms with Crippen LogP contribution in [0.5, 0.6) is 17.2 Å². The highest BCUT2D eigenvalue weighted by molar-refractivity contribution is 7.80. The maximum atomic E-state index is 11.1. The molecule has 0 unspecified atom stereocenters. The molecule has 3 nitrogen and oxygen atoms in total. The number of rotatable bonds is 3. The summed E-state index contributed by atoms with van der Waals surface area (Å²) in [6, 6.07) is 17.2. The van der Waals surface area contributed by atoms with Gasteiger partial charge in [-0.05, 0) is 77.3 Å². The molecule has 3 aromatic carbocycles. The van der Waals surface area contributed by atoms with E-state index in [9.17, 15) is 15.3 Å². The van der Waals surface area contributed by atoms with E-state index in [-0.39, 0.29) is 33.5 Å². The smallest absolute Gasteiger partial charge is 0.123 e. The second kappa shape index (κ2) is 8.93. The molecule has 0 aliphatic rings. The Hall–Kier alpha value is -2.51. The standard InChI is InChI=1S/C30H39O3P/c1-28(2,3)19-10-13-22(31)25(16-19)34(26-17-20(29(4,5)6)11-14-23(26)32)27-18-21(30(7,8)9)12-15-24(27)33/h10-18,31-33H,1-9H3. The van der Waals surface area contributed by atoms with Gasteiger partial charge in [-0.15, -0.1) is 0 Å². The lowest BCUT2D eigenvalue weighted by Gasteiger charge is -2.28. The highest BCUT2D eigenvalue weighted by atomic mass is 31.1. The quantitative estimate of drug-likeness (QED) is 0.379. The van der Waals surface area contributed by atoms with Crippen LogP contribution in [-0.2, 0) is 16.2 Å². The third-order valence-corrected chi connectivity index (χ3v) is 8.77. The molecule has 3 aromatic rings. The van der Waals surface area contributed by atoms with Crippen LogP contribution in [0.15, 0.2) is 54.6 Å². The Morgan fingerprint density at radius 2 is 0.676 bits per heavy atom. The van der Waals surface area contributed by atoms with Gasteiger partial charge < -0.3 is 15.3 Å². The van der Waals surface area contributed by atoms with Gasteiger partial charge in [0.05, 0.1) is 0 Å². The van der Waals surface area contributed by atoms with E-state index in [1.807, 2.05) is 36.4 Å². The first-order chi connectivity index (χ1) is 15.5. The van der Waals surface area contributed by atoms with Crippen molar-refractivity contribution in [3.05, 3.63) is 71.3 Å². The van der Waals surface area contributed by atoms with Gasteiger partial charge in [0.15, 0.2) is 0 Å². The molecule has 4 heteroatoms. The van der Waals surface area contributed by atoms with E-state index < -0.39 is 7.92 Å². The summed E-state index contributed by atoms with van der Waals surface area (Å²) >= 11 is 0. The summed E-state index contributed by atoms with van der Waals surface area (Å²) in [5, 5.41) is 35.4. The van der Waals surface area contributed by atoms with Crippen LogP contribution >= 0.6 is 7.92 Å². The fraction of sp³-hybridized carbons (Fsp3) is 0.400. The molecule has 0 spiro atoms. The molecule has 0 aromatic heterocycles. The highest BCUT2D eigenvalue weighted by Crippen LogP contribution is 2.44. The van der Waals surface area contributed by atoms with Crippen LogP contribution in [-0.4, -0.2) is 15.3 Å². The first-order valence-corrected chi connectivity index (χ1v) is 13.1. The molecule has 3 N–H and O–H groups in total. The zero-order valence-electron chi connectivity index (χ0n) is 22.0. The van der Waals surface area contributed by atoms with Crippen LogP contribution in [0.3, 0.4) is 0 Å². The zero-order chi connectivity index (χ0) is 25.6. The van der Waals surface area contributed by atoms with Crippen LogP contribution in [0, 0.1) is 0 Å². The largest absolute Gasteiger partial charge is 0.507 e. The van der Waals surface area contributed by atoms with E-state index in [0.717, 1.165) is 32.6 Å². The van der Waals surface area contributed by atoms with E-state index >= 15 is 0 Å². The van der Waals surface area contributed by atoms with Crippen molar-refractivity contribution in [2.45, 2.75) is 78.6 Å². The van der Waals surface area contributed by atoms with E-state index in [4.69, 9.17) is 0 Å². The Morgan fingerprint density at radius 1 is 0.441 bits per heavy atom. The summed E-state index contributed by atoms with van der Waals surface area (Å²) < 4.78 is 0. The van der Waals surface area contributed by atoms with Crippen molar-refractivity contribution < 1.29 is 15.3 Å². The summed E-state index contributed by atoms with van der Waals surface area (Å²) in [5.41, 5.74) is 2.91. The first kappa shape index (κ1) is 26.1. The molecule has 0 bridgehead atoms. The fourth-order valence-electron chi connectivity index (χ4n) is 3.90. The molecule has 0 aliphatic heterocycles. The highest BCUT2D eigenvalue weighted by Gasteiger charge is 2.29. The average Bonchev–Trinajstić information content (AvgIpc) is 2.69. The van der Waals surface area contributed by atoms with Crippen molar-refractivity contribution in [3.63, 3.8) is 0 Å². The fourth-order valence-corrected chi connectivity index (χ4v) is 6.39. The zero-order valence-corrected chi connectivity index (χ0v) is 22.9. The summed E-state index contributed by atoms with van der Waals surface area (Å²) in [7, 11) is -1.45. The Morgan fingerprint density at radius 3 is 0.882 bits per heavy atom. The van der Waals surface area contributed by atoms with Gasteiger partial charge >= 0.3 is 0 Å². The minimum atomic E-state index is -1.45. The predicted octanol–water partition coefficient (Wildman–Crippen LogP) is 6.45. The second-order valence-corrected chi connectivity index (χ2v) is 14.3. The minimum absolute atomic E-state index is 0.117. The molecule has 0 fully saturated rings. The molecule has 0 saturated heterocycles. The second-order valence-electron chi connectivity index (χ2n) is 12.2. The van der Waals surface area contributed by atoms with Gasteiger partial charge in [-0.3, -0.25) is 0 Å². The van der Waals surface area contributed by atoms with E-state index in [1.165, 1.54) is 0 Å². The number of phenolic OH excluding ortho intramolecular Hbond substituents is 3. The molecular weight excluding hydrogens is 439 g/mol. The lowest BCUT2D eigenvalue weighted by atomic mass is 9.87. The molecule has 182 valence electrons. The van der Waals surface area contributed by atoms with Gasteiger partial charge in [0, 0.05) is 15.9 Å². The molecule has 0 radical (unpaired) electrons. The number of phenols is 3. The van der Waals surface area contributed by atoms with Gasteiger partial charge in [0.1, 0.15) is 17.2 Å². The number of hydrogen-bond donors (Lipinski definition) is 3. The molecule has 34 heavy (non-hydrogen) atoms. The number of aromatic hydroxyl groups is 3. The average molecular weight is 479 g/mol. The summed E-state index contributed by atoms with van der Waals surface area (Å²) in [6.45, 7) is 19.3. The van der Waals surface area contributed by atoms with Gasteiger partial charge in [-0.1, -0.05) is 80.5 Å². The SMILES string of the molecule is CC(C)(C)c1ccc(O)c(P(c2cc(C(C)(C)C)ccc2O)c2cc(C(C)(C)C)ccc2O)c1. The summed E-state index contributed by atoms with van der Waals surface area (Å²) in [6.07, 6.45) is 0. The molecular formula is C30H39O3P. The number of benzene rings is 3. The van der Waals surface area contributed by atoms with Gasteiger partial charge in [0.25, 0.3) is 0 Å². The maximum Gasteiger partial charge on any atom is 0.123 e. The van der Waals surface area contributed by atoms with Crippen molar-refractivity contribution in [1.82, 2.24) is 0 Å². The van der Waals surface area contributed by atoms with Crippen molar-refractivity contribution in [2.75, 3.05) is 0 Å². The molecule has 0 aliphatic carbocycles. The Bertz CT molecular complexity index is 1040. The molecule has 0 saturated carbocycles. The Kier molecular flexibility index (Phi) is 6.86. The third kappa shape index (κ3) is 5.41. The predicted molar refractivity (Wildman–Crippen MR) is 146 cm³/mol. The first-order valence-electron chi connectivity index (χ1n) is 11.8. The molecule has 0 atom stereocenters. The lowest BCUT2D eigenvalue weighted by Crippen LogP contribution is -2.26. The molecule has 0 heterocycles. The van der Waals surface area contributed by atoms with E-state index in [0.29, 0.717) is 0 Å². The summed E-state index contributed by atoms with van der Waals surface area (Å²) in [4.78, 5) is 0. The van der Waals surface area contributed by atoms with Crippen molar-refractivity contribution in [1.29, 1.82) is 0 Å². The van der Waals surface area contributed by atoms with E-state index in [2.05, 4.69) is 62.3 Å². The summed E-state index contributed by atoms with van der Waals surface area (Å²) in [5.74, 6) is 0.501. The molecule has 3 rings (SSSR count). The van der Waals surface area contributed by atoms with Crippen molar-refractivity contribution in [3.8, 4) is 17.2 Å². The van der Waals surface area contributed by atoms with Crippen LogP contribution in [0.2, 0.25) is 0 Å². The minimum Gasteiger partial charge on any atom is -0.507 e.